The van der Waals surface area contributed by atoms with Gasteiger partial charge in [-0.05, 0) is 52.7 Å². The number of halogens is 2. The minimum atomic E-state index is -0.0268. The fourth-order valence-electron chi connectivity index (χ4n) is 2.35. The van der Waals surface area contributed by atoms with E-state index in [-0.39, 0.29) is 6.04 Å². The smallest absolute Gasteiger partial charge is 0.187 e. The summed E-state index contributed by atoms with van der Waals surface area (Å²) < 4.78 is 0.768. The lowest BCUT2D eigenvalue weighted by Gasteiger charge is -2.22. The number of aryl methyl sites for hydroxylation is 1. The van der Waals surface area contributed by atoms with Crippen LogP contribution in [0.3, 0.4) is 0 Å². The average molecular weight is 428 g/mol. The summed E-state index contributed by atoms with van der Waals surface area (Å²) >= 11 is 11.3. The number of nitrogens with zero attached hydrogens (tertiary/aromatic N) is 3. The Morgan fingerprint density at radius 3 is 3.04 bits per heavy atom. The summed E-state index contributed by atoms with van der Waals surface area (Å²) in [4.78, 5) is 19.0. The summed E-state index contributed by atoms with van der Waals surface area (Å²) in [6.45, 7) is 2.50. The normalized spacial score (nSPS) is 17.3. The van der Waals surface area contributed by atoms with E-state index in [1.807, 2.05) is 25.3 Å². The van der Waals surface area contributed by atoms with Crippen LogP contribution >= 0.6 is 39.3 Å². The highest BCUT2D eigenvalue weighted by Gasteiger charge is 2.21. The van der Waals surface area contributed by atoms with Gasteiger partial charge in [0.25, 0.3) is 0 Å². The van der Waals surface area contributed by atoms with Crippen LogP contribution in [0.15, 0.2) is 39.0 Å². The first-order valence-electron chi connectivity index (χ1n) is 7.34. The number of benzene rings is 1. The molecule has 5 nitrogen and oxygen atoms in total. The van der Waals surface area contributed by atoms with Crippen molar-refractivity contribution in [1.29, 1.82) is 0 Å². The SMILES string of the molecule is CSc1ncc(Br)c(C2=N[C@H](Cc3ccc(C)cc3Cl)CON2)n1. The quantitative estimate of drug-likeness (QED) is 0.594. The highest BCUT2D eigenvalue weighted by molar-refractivity contribution is 9.10. The number of thioether (sulfide) groups is 1. The zero-order valence-electron chi connectivity index (χ0n) is 13.2. The van der Waals surface area contributed by atoms with Crippen LogP contribution in [0.5, 0.6) is 0 Å². The van der Waals surface area contributed by atoms with Crippen molar-refractivity contribution in [2.75, 3.05) is 12.9 Å². The Morgan fingerprint density at radius 1 is 1.46 bits per heavy atom. The zero-order chi connectivity index (χ0) is 17.1. The first-order valence-corrected chi connectivity index (χ1v) is 9.74. The number of hydrogen-bond donors (Lipinski definition) is 1. The molecular formula is C16H16BrClN4OS. The van der Waals surface area contributed by atoms with Crippen LogP contribution in [0.1, 0.15) is 16.8 Å². The second-order valence-electron chi connectivity index (χ2n) is 5.40. The van der Waals surface area contributed by atoms with Gasteiger partial charge in [-0.2, -0.15) is 0 Å². The van der Waals surface area contributed by atoms with E-state index in [9.17, 15) is 0 Å². The molecule has 1 aromatic carbocycles. The van der Waals surface area contributed by atoms with E-state index < -0.39 is 0 Å². The van der Waals surface area contributed by atoms with Gasteiger partial charge < -0.3 is 0 Å². The Balaban J connectivity index is 1.85. The minimum absolute atomic E-state index is 0.0268. The number of hydroxylamine groups is 1. The molecule has 2 aromatic rings. The number of aromatic nitrogens is 2. The molecule has 0 saturated heterocycles. The highest BCUT2D eigenvalue weighted by atomic mass is 79.9. The zero-order valence-corrected chi connectivity index (χ0v) is 16.4. The van der Waals surface area contributed by atoms with Crippen molar-refractivity contribution >= 4 is 45.1 Å². The molecule has 0 aliphatic carbocycles. The van der Waals surface area contributed by atoms with Gasteiger partial charge in [0.2, 0.25) is 0 Å². The van der Waals surface area contributed by atoms with E-state index in [1.165, 1.54) is 11.8 Å². The Morgan fingerprint density at radius 2 is 2.29 bits per heavy atom. The second kappa shape index (κ2) is 7.82. The molecule has 1 N–H and O–H groups in total. The Labute approximate surface area is 158 Å². The van der Waals surface area contributed by atoms with Gasteiger partial charge in [-0.1, -0.05) is 35.5 Å². The summed E-state index contributed by atoms with van der Waals surface area (Å²) in [5.41, 5.74) is 5.75. The van der Waals surface area contributed by atoms with Gasteiger partial charge in [-0.3, -0.25) is 9.83 Å². The number of rotatable bonds is 4. The van der Waals surface area contributed by atoms with Crippen LogP contribution in [0.4, 0.5) is 0 Å². The van der Waals surface area contributed by atoms with E-state index in [1.54, 1.807) is 6.20 Å². The van der Waals surface area contributed by atoms with Gasteiger partial charge in [-0.25, -0.2) is 15.4 Å². The van der Waals surface area contributed by atoms with Crippen LogP contribution in [0.2, 0.25) is 5.02 Å². The van der Waals surface area contributed by atoms with Crippen molar-refractivity contribution in [3.05, 3.63) is 50.7 Å². The van der Waals surface area contributed by atoms with Gasteiger partial charge in [0.05, 0.1) is 17.1 Å². The fraction of sp³-hybridized carbons (Fsp3) is 0.312. The van der Waals surface area contributed by atoms with Gasteiger partial charge in [0.15, 0.2) is 11.0 Å². The molecule has 2 heterocycles. The van der Waals surface area contributed by atoms with Crippen LogP contribution in [-0.2, 0) is 11.3 Å². The fourth-order valence-corrected chi connectivity index (χ4v) is 3.39. The summed E-state index contributed by atoms with van der Waals surface area (Å²) in [7, 11) is 0. The molecular weight excluding hydrogens is 412 g/mol. The number of aliphatic imine (C=N–C) groups is 1. The Kier molecular flexibility index (Phi) is 5.76. The molecule has 126 valence electrons. The van der Waals surface area contributed by atoms with Crippen molar-refractivity contribution in [3.8, 4) is 0 Å². The number of hydrogen-bond acceptors (Lipinski definition) is 6. The van der Waals surface area contributed by atoms with Crippen molar-refractivity contribution in [3.63, 3.8) is 0 Å². The molecule has 24 heavy (non-hydrogen) atoms. The van der Waals surface area contributed by atoms with Crippen molar-refractivity contribution in [2.24, 2.45) is 4.99 Å². The van der Waals surface area contributed by atoms with E-state index in [4.69, 9.17) is 21.4 Å². The molecule has 8 heteroatoms. The van der Waals surface area contributed by atoms with Crippen molar-refractivity contribution < 1.29 is 4.84 Å². The van der Waals surface area contributed by atoms with Crippen molar-refractivity contribution in [1.82, 2.24) is 15.4 Å². The molecule has 1 atom stereocenters. The molecule has 1 aromatic heterocycles. The Hall–Kier alpha value is -1.15. The van der Waals surface area contributed by atoms with Gasteiger partial charge in [-0.15, -0.1) is 0 Å². The van der Waals surface area contributed by atoms with Crippen LogP contribution in [0, 0.1) is 6.92 Å². The third kappa shape index (κ3) is 4.08. The monoisotopic (exact) mass is 426 g/mol. The molecule has 0 saturated carbocycles. The van der Waals surface area contributed by atoms with Gasteiger partial charge in [0, 0.05) is 11.2 Å². The third-order valence-electron chi connectivity index (χ3n) is 3.55. The lowest BCUT2D eigenvalue weighted by Crippen LogP contribution is -2.37. The number of nitrogens with one attached hydrogen (secondary N) is 1. The largest absolute Gasteiger partial charge is 0.272 e. The molecule has 0 bridgehead atoms. The topological polar surface area (TPSA) is 59.4 Å². The lowest BCUT2D eigenvalue weighted by molar-refractivity contribution is 0.0622. The van der Waals surface area contributed by atoms with E-state index in [0.717, 1.165) is 20.6 Å². The lowest BCUT2D eigenvalue weighted by atomic mass is 10.0. The van der Waals surface area contributed by atoms with E-state index >= 15 is 0 Å². The summed E-state index contributed by atoms with van der Waals surface area (Å²) in [5.74, 6) is 0.596. The number of amidine groups is 1. The standard InChI is InChI=1S/C16H16BrClN4OS/c1-9-3-4-10(13(18)5-9)6-11-8-23-22-15(20-11)14-12(17)7-19-16(21-14)24-2/h3-5,7,11H,6,8H2,1-2H3,(H,20,22)/t11-/m1/s1. The molecule has 0 spiro atoms. The maximum atomic E-state index is 6.33. The first kappa shape index (κ1) is 17.7. The maximum Gasteiger partial charge on any atom is 0.187 e. The van der Waals surface area contributed by atoms with Crippen LogP contribution < -0.4 is 5.48 Å². The minimum Gasteiger partial charge on any atom is -0.272 e. The molecule has 1 aliphatic rings. The summed E-state index contributed by atoms with van der Waals surface area (Å²) in [5, 5.41) is 1.44. The molecule has 0 fully saturated rings. The maximum absolute atomic E-state index is 6.33. The average Bonchev–Trinajstić information content (AvgIpc) is 2.58. The van der Waals surface area contributed by atoms with E-state index in [2.05, 4.69) is 37.4 Å². The third-order valence-corrected chi connectivity index (χ3v) is 5.04. The summed E-state index contributed by atoms with van der Waals surface area (Å²) in [6, 6.07) is 6.04. The molecule has 3 rings (SSSR count). The summed E-state index contributed by atoms with van der Waals surface area (Å²) in [6.07, 6.45) is 4.36. The molecule has 1 aliphatic heterocycles. The predicted molar refractivity (Wildman–Crippen MR) is 101 cm³/mol. The van der Waals surface area contributed by atoms with Gasteiger partial charge >= 0.3 is 0 Å². The molecule has 0 unspecified atom stereocenters. The van der Waals surface area contributed by atoms with Crippen LogP contribution in [-0.4, -0.2) is 34.7 Å². The van der Waals surface area contributed by atoms with E-state index in [0.29, 0.717) is 29.7 Å². The second-order valence-corrected chi connectivity index (χ2v) is 7.43. The van der Waals surface area contributed by atoms with Crippen molar-refractivity contribution in [2.45, 2.75) is 24.5 Å². The molecule has 0 radical (unpaired) electrons. The Bertz CT molecular complexity index is 787. The molecule has 0 amide bonds. The predicted octanol–water partition coefficient (Wildman–Crippen LogP) is 3.82. The highest BCUT2D eigenvalue weighted by Crippen LogP contribution is 2.22. The van der Waals surface area contributed by atoms with Crippen LogP contribution in [0.25, 0.3) is 0 Å². The first-order chi connectivity index (χ1) is 11.6. The van der Waals surface area contributed by atoms with Gasteiger partial charge in [0.1, 0.15) is 5.69 Å².